The zero-order chi connectivity index (χ0) is 15.4. The average molecular weight is 328 g/mol. The fourth-order valence-corrected chi connectivity index (χ4v) is 3.12. The van der Waals surface area contributed by atoms with Gasteiger partial charge in [-0.3, -0.25) is 4.79 Å². The molecule has 0 saturated carbocycles. The maximum Gasteiger partial charge on any atom is 0.264 e. The van der Waals surface area contributed by atoms with Crippen LogP contribution in [0.2, 0.25) is 0 Å². The summed E-state index contributed by atoms with van der Waals surface area (Å²) < 4.78 is 0. The number of aliphatic imine (C=N–C) groups is 1. The highest BCUT2D eigenvalue weighted by Crippen LogP contribution is 2.27. The minimum Gasteiger partial charge on any atom is -0.300 e. The van der Waals surface area contributed by atoms with E-state index in [2.05, 4.69) is 20.5 Å². The second-order valence-corrected chi connectivity index (χ2v) is 6.57. The smallest absolute Gasteiger partial charge is 0.264 e. The minimum atomic E-state index is -0.150. The Kier molecular flexibility index (Phi) is 4.45. The van der Waals surface area contributed by atoms with Crippen LogP contribution in [-0.4, -0.2) is 21.3 Å². The second-order valence-electron chi connectivity index (χ2n) is 4.38. The van der Waals surface area contributed by atoms with Crippen molar-refractivity contribution in [2.24, 2.45) is 4.99 Å². The van der Waals surface area contributed by atoms with Crippen molar-refractivity contribution < 1.29 is 4.79 Å². The Hall–Kier alpha value is -2.25. The number of hydrogen-bond donors (Lipinski definition) is 1. The lowest BCUT2D eigenvalue weighted by Gasteiger charge is -1.90. The van der Waals surface area contributed by atoms with Crippen LogP contribution >= 0.6 is 23.1 Å². The predicted molar refractivity (Wildman–Crippen MR) is 91.0 cm³/mol. The molecule has 0 aliphatic carbocycles. The maximum atomic E-state index is 11.9. The molecular formula is C15H12N4OS2. The first-order valence-corrected chi connectivity index (χ1v) is 8.15. The third-order valence-electron chi connectivity index (χ3n) is 2.70. The van der Waals surface area contributed by atoms with Crippen LogP contribution in [0.4, 0.5) is 5.13 Å². The fourth-order valence-electron chi connectivity index (χ4n) is 1.72. The molecule has 110 valence electrons. The third-order valence-corrected chi connectivity index (χ3v) is 4.36. The standard InChI is InChI=1S/C15H12N4OS2/c1-10-18-19-15(21-10)17-14-16-13(20)12(22-14)9-5-8-11-6-3-2-4-7-11/h2-9H,1H3,(H,16,17,19,20)/b8-5+,12-9-. The van der Waals surface area contributed by atoms with E-state index in [9.17, 15) is 4.79 Å². The van der Waals surface area contributed by atoms with Gasteiger partial charge in [0.05, 0.1) is 4.91 Å². The number of hydrogen-bond acceptors (Lipinski definition) is 6. The van der Waals surface area contributed by atoms with Gasteiger partial charge >= 0.3 is 0 Å². The number of nitrogens with zero attached hydrogens (tertiary/aromatic N) is 3. The number of thioether (sulfide) groups is 1. The summed E-state index contributed by atoms with van der Waals surface area (Å²) in [5.41, 5.74) is 1.08. The summed E-state index contributed by atoms with van der Waals surface area (Å²) in [6.07, 6.45) is 5.58. The van der Waals surface area contributed by atoms with E-state index < -0.39 is 0 Å². The van der Waals surface area contributed by atoms with Crippen LogP contribution in [0.3, 0.4) is 0 Å². The van der Waals surface area contributed by atoms with Gasteiger partial charge in [-0.05, 0) is 30.3 Å². The molecule has 2 heterocycles. The molecule has 0 radical (unpaired) electrons. The number of nitrogens with one attached hydrogen (secondary N) is 1. The summed E-state index contributed by atoms with van der Waals surface area (Å²) in [6, 6.07) is 9.91. The summed E-state index contributed by atoms with van der Waals surface area (Å²) in [5.74, 6) is -0.150. The Morgan fingerprint density at radius 2 is 2.05 bits per heavy atom. The van der Waals surface area contributed by atoms with Crippen LogP contribution < -0.4 is 5.32 Å². The van der Waals surface area contributed by atoms with Gasteiger partial charge in [-0.2, -0.15) is 4.99 Å². The van der Waals surface area contributed by atoms with Gasteiger partial charge < -0.3 is 5.32 Å². The number of aromatic nitrogens is 2. The van der Waals surface area contributed by atoms with E-state index in [1.165, 1.54) is 23.1 Å². The quantitative estimate of drug-likeness (QED) is 0.878. The van der Waals surface area contributed by atoms with Crippen molar-refractivity contribution in [1.29, 1.82) is 0 Å². The molecule has 1 aliphatic rings. The van der Waals surface area contributed by atoms with Gasteiger partial charge in [0.1, 0.15) is 5.01 Å². The first-order chi connectivity index (χ1) is 10.7. The van der Waals surface area contributed by atoms with Crippen molar-refractivity contribution in [2.75, 3.05) is 0 Å². The Bertz CT molecular complexity index is 778. The Morgan fingerprint density at radius 3 is 2.77 bits per heavy atom. The monoisotopic (exact) mass is 328 g/mol. The second kappa shape index (κ2) is 6.67. The van der Waals surface area contributed by atoms with E-state index in [0.29, 0.717) is 15.2 Å². The SMILES string of the molecule is Cc1nnc(/N=C2\NC(=O)/C(=C/C=C/c3ccccc3)S2)s1. The van der Waals surface area contributed by atoms with Crippen molar-refractivity contribution in [3.8, 4) is 0 Å². The highest BCUT2D eigenvalue weighted by molar-refractivity contribution is 8.18. The maximum absolute atomic E-state index is 11.9. The van der Waals surface area contributed by atoms with E-state index in [0.717, 1.165) is 10.6 Å². The average Bonchev–Trinajstić information content (AvgIpc) is 3.07. The number of amides is 1. The summed E-state index contributed by atoms with van der Waals surface area (Å²) in [7, 11) is 0. The molecular weight excluding hydrogens is 316 g/mol. The lowest BCUT2D eigenvalue weighted by Crippen LogP contribution is -2.19. The summed E-state index contributed by atoms with van der Waals surface area (Å²) >= 11 is 2.68. The lowest BCUT2D eigenvalue weighted by molar-refractivity contribution is -0.115. The summed E-state index contributed by atoms with van der Waals surface area (Å²) in [6.45, 7) is 1.86. The van der Waals surface area contributed by atoms with Crippen LogP contribution in [-0.2, 0) is 4.79 Å². The van der Waals surface area contributed by atoms with Gasteiger partial charge in [-0.1, -0.05) is 53.8 Å². The molecule has 2 aromatic rings. The van der Waals surface area contributed by atoms with E-state index in [-0.39, 0.29) is 5.91 Å². The normalized spacial score (nSPS) is 18.5. The van der Waals surface area contributed by atoms with E-state index in [1.807, 2.05) is 49.4 Å². The van der Waals surface area contributed by atoms with Gasteiger partial charge in [0.15, 0.2) is 5.17 Å². The predicted octanol–water partition coefficient (Wildman–Crippen LogP) is 3.29. The fraction of sp³-hybridized carbons (Fsp3) is 0.0667. The van der Waals surface area contributed by atoms with Crippen molar-refractivity contribution in [1.82, 2.24) is 15.5 Å². The highest BCUT2D eigenvalue weighted by Gasteiger charge is 2.23. The molecule has 5 nitrogen and oxygen atoms in total. The molecule has 0 atom stereocenters. The van der Waals surface area contributed by atoms with Crippen molar-refractivity contribution in [3.63, 3.8) is 0 Å². The number of carbonyl (C=O) groups excluding carboxylic acids is 1. The molecule has 22 heavy (non-hydrogen) atoms. The van der Waals surface area contributed by atoms with Crippen LogP contribution in [0, 0.1) is 6.92 Å². The molecule has 0 unspecified atom stereocenters. The number of allylic oxidation sites excluding steroid dienone is 2. The van der Waals surface area contributed by atoms with E-state index in [1.54, 1.807) is 6.08 Å². The zero-order valence-corrected chi connectivity index (χ0v) is 13.3. The number of rotatable bonds is 3. The van der Waals surface area contributed by atoms with Crippen LogP contribution in [0.5, 0.6) is 0 Å². The van der Waals surface area contributed by atoms with Gasteiger partial charge in [-0.25, -0.2) is 0 Å². The first-order valence-electron chi connectivity index (χ1n) is 6.52. The topological polar surface area (TPSA) is 67.2 Å². The lowest BCUT2D eigenvalue weighted by atomic mass is 10.2. The van der Waals surface area contributed by atoms with E-state index in [4.69, 9.17) is 0 Å². The molecule has 7 heteroatoms. The minimum absolute atomic E-state index is 0.150. The van der Waals surface area contributed by atoms with Crippen molar-refractivity contribution in [2.45, 2.75) is 6.92 Å². The van der Waals surface area contributed by atoms with Crippen molar-refractivity contribution >= 4 is 45.4 Å². The van der Waals surface area contributed by atoms with Gasteiger partial charge in [0.25, 0.3) is 5.91 Å². The first kappa shape index (κ1) is 14.7. The molecule has 3 rings (SSSR count). The number of benzene rings is 1. The zero-order valence-electron chi connectivity index (χ0n) is 11.7. The van der Waals surface area contributed by atoms with Crippen LogP contribution in [0.25, 0.3) is 6.08 Å². The van der Waals surface area contributed by atoms with Crippen LogP contribution in [0.15, 0.2) is 52.4 Å². The summed E-state index contributed by atoms with van der Waals surface area (Å²) in [5, 5.41) is 12.4. The molecule has 0 spiro atoms. The highest BCUT2D eigenvalue weighted by atomic mass is 32.2. The van der Waals surface area contributed by atoms with E-state index >= 15 is 0 Å². The Balaban J connectivity index is 1.71. The number of amidine groups is 1. The molecule has 1 fully saturated rings. The largest absolute Gasteiger partial charge is 0.300 e. The molecule has 0 bridgehead atoms. The van der Waals surface area contributed by atoms with Crippen LogP contribution in [0.1, 0.15) is 10.6 Å². The Labute approximate surface area is 135 Å². The Morgan fingerprint density at radius 1 is 1.23 bits per heavy atom. The number of aryl methyl sites for hydroxylation is 1. The molecule has 1 aromatic heterocycles. The molecule has 1 N–H and O–H groups in total. The molecule has 1 aromatic carbocycles. The third kappa shape index (κ3) is 3.69. The molecule has 1 aliphatic heterocycles. The summed E-state index contributed by atoms with van der Waals surface area (Å²) in [4.78, 5) is 16.8. The van der Waals surface area contributed by atoms with Crippen molar-refractivity contribution in [3.05, 3.63) is 58.0 Å². The molecule has 1 amide bonds. The van der Waals surface area contributed by atoms with Gasteiger partial charge in [-0.15, -0.1) is 10.2 Å². The number of carbonyl (C=O) groups is 1. The molecule has 1 saturated heterocycles. The van der Waals surface area contributed by atoms with Gasteiger partial charge in [0, 0.05) is 0 Å². The van der Waals surface area contributed by atoms with Gasteiger partial charge in [0.2, 0.25) is 5.13 Å².